The SMILES string of the molecule is CC1=NC2(CCc3cc(-c4ccccc4)ccc3C2)CO1.CC1=NC2(CCc3ccc(-c4c(C)n[nH]c4C)cc3C2)CO1.CC1=NC2(CO1)Cc1cccc(-c3c(C)n[nH]c3C)c1C2.CC1=NC2(CO1)Cc1cccc(-c3c(C)noc3C)c1C2.CC1=NC2(CO1)Cc1cccc(-c3cn[nH]c3)c1C2.CC1=NC2(CO1)Cc1cccc(-c3cncnc3)c1C(C)C2.NC1=NC2(CCO1)CCc1c(cccc1-c1cncnc1)C2. The molecule has 27 heteroatoms. The number of aryl methyl sites for hydroxylation is 8. The molecule has 0 saturated heterocycles. The number of nitrogens with two attached hydrogens (primary N) is 1. The Hall–Kier alpha value is -15.2. The van der Waals surface area contributed by atoms with Crippen LogP contribution in [-0.4, -0.2) is 182 Å². The van der Waals surface area contributed by atoms with E-state index in [1.807, 2.05) is 92.6 Å². The van der Waals surface area contributed by atoms with Crippen LogP contribution in [0.1, 0.15) is 199 Å². The molecule has 8 atom stereocenters. The number of ether oxygens (including phenoxy) is 7. The zero-order chi connectivity index (χ0) is 102. The standard InChI is InChI=1S/C19H19NO.C18H21N3O.C18H19N3O.C17H18N4O.C17H19N3O.C17H18N2O2.C15H15N3O/c1-14-20-19(13-21-14)10-9-17-11-16(7-8-18(17)12-19)15-5-3-2-4-6-15;1-11-17(12(2)21-20-11)15-5-4-14-6-7-18(9-16(14)8-15)10-22-13(3)19-18;1-12-6-18(10-22-13(2)21-18)7-14-4-3-5-16(17(12)14)15-8-19-11-20-9-15;18-16-21-17(6-7-22-16)5-4-15-12(8-17)2-1-3-14(15)13-9-19-11-20-10-13;1-10-16(11(2)20-19-10)14-6-4-5-13-7-17(8-15(13)14)9-21-12(3)18-17;1-10-16(11(2)21-19-10)14-6-4-5-13-7-17(8-15(13)14)9-20-12(3)18-17;1-10-18-15(9-19-10)5-11-3-2-4-13(14(11)6-15)12-7-16-17-8-12/h2-8,11H,9-10,12-13H2,1H3;4-5,8H,6-7,9-10H2,1-3H3,(H,20,21);3-5,8-9,11-12H,6-7,10H2,1-2H3;1-3,9-11H,4-8H2,(H2,18,21);4-6H,7-9H2,1-3H3,(H,19,20);4-6H,7-9H2,1-3H3;2-4,7-8H,5-6,9H2,1H3,(H,16,17). The molecule has 0 saturated carbocycles. The Bertz CT molecular complexity index is 7440. The van der Waals surface area contributed by atoms with Gasteiger partial charge in [0.25, 0.3) is 6.02 Å². The number of H-pyrrole nitrogens is 3. The highest BCUT2D eigenvalue weighted by molar-refractivity contribution is 5.83. The van der Waals surface area contributed by atoms with E-state index < -0.39 is 0 Å². The van der Waals surface area contributed by atoms with Gasteiger partial charge in [0.1, 0.15) is 91.3 Å². The maximum atomic E-state index is 5.79. The lowest BCUT2D eigenvalue weighted by molar-refractivity contribution is 0.195. The number of hydrogen-bond donors (Lipinski definition) is 4. The summed E-state index contributed by atoms with van der Waals surface area (Å²) in [4.78, 5) is 49.8. The van der Waals surface area contributed by atoms with Crippen LogP contribution in [0.15, 0.2) is 247 Å². The lowest BCUT2D eigenvalue weighted by Gasteiger charge is -2.38. The second-order valence-corrected chi connectivity index (χ2v) is 43.1. The first kappa shape index (κ1) is 97.6. The molecule has 14 aromatic rings. The highest BCUT2D eigenvalue weighted by Crippen LogP contribution is 2.50. The van der Waals surface area contributed by atoms with E-state index in [9.17, 15) is 0 Å². The fourth-order valence-electron chi connectivity index (χ4n) is 25.6. The van der Waals surface area contributed by atoms with Crippen LogP contribution in [0.3, 0.4) is 0 Å². The number of aromatic amines is 3. The van der Waals surface area contributed by atoms with Crippen molar-refractivity contribution in [3.63, 3.8) is 0 Å². The van der Waals surface area contributed by atoms with Gasteiger partial charge < -0.3 is 43.4 Å². The number of benzene rings is 8. The molecule has 14 aliphatic rings. The van der Waals surface area contributed by atoms with Gasteiger partial charge in [0.05, 0.1) is 35.4 Å². The minimum Gasteiger partial charge on any atom is -0.479 e. The van der Waals surface area contributed by atoms with Crippen molar-refractivity contribution >= 4 is 41.4 Å². The minimum atomic E-state index is -0.0957. The molecule has 756 valence electrons. The third kappa shape index (κ3) is 19.8. The van der Waals surface area contributed by atoms with Crippen molar-refractivity contribution in [1.29, 1.82) is 0 Å². The zero-order valence-electron chi connectivity index (χ0n) is 86.9. The molecule has 6 aromatic heterocycles. The Kier molecular flexibility index (Phi) is 26.3. The molecule has 8 aromatic carbocycles. The van der Waals surface area contributed by atoms with Crippen molar-refractivity contribution in [1.82, 2.24) is 55.7 Å². The summed E-state index contributed by atoms with van der Waals surface area (Å²) < 4.78 is 44.4. The smallest absolute Gasteiger partial charge is 0.282 e. The molecular formula is C121H129N19O8. The van der Waals surface area contributed by atoms with Crippen LogP contribution >= 0.6 is 0 Å². The van der Waals surface area contributed by atoms with Crippen LogP contribution in [0.25, 0.3) is 77.9 Å². The van der Waals surface area contributed by atoms with Gasteiger partial charge in [-0.25, -0.2) is 54.9 Å². The van der Waals surface area contributed by atoms with Crippen LogP contribution in [0.5, 0.6) is 0 Å². The van der Waals surface area contributed by atoms with E-state index >= 15 is 0 Å². The Morgan fingerprint density at radius 3 is 1.26 bits per heavy atom. The quantitative estimate of drug-likeness (QED) is 0.115. The molecule has 7 aliphatic heterocycles. The lowest BCUT2D eigenvalue weighted by Crippen LogP contribution is -2.42. The van der Waals surface area contributed by atoms with Crippen molar-refractivity contribution < 1.29 is 37.7 Å². The number of nitrogens with zero attached hydrogens (tertiary/aromatic N) is 15. The van der Waals surface area contributed by atoms with Gasteiger partial charge in [0.2, 0.25) is 0 Å². The number of aromatic nitrogens is 11. The number of amidine groups is 1. The molecule has 0 amide bonds. The molecule has 148 heavy (non-hydrogen) atoms. The third-order valence-electron chi connectivity index (χ3n) is 32.2. The molecule has 7 aliphatic carbocycles. The Labute approximate surface area is 864 Å². The Morgan fingerprint density at radius 1 is 0.318 bits per heavy atom. The predicted octanol–water partition coefficient (Wildman–Crippen LogP) is 21.5. The van der Waals surface area contributed by atoms with Crippen molar-refractivity contribution in [2.45, 2.75) is 250 Å². The Balaban J connectivity index is 0.0000000979. The number of aliphatic imine (C=N–C) groups is 7. The fraction of sp³-hybridized carbons (Fsp3) is 0.380. The molecule has 0 radical (unpaired) electrons. The topological polar surface area (TPSA) is 341 Å². The molecule has 8 unspecified atom stereocenters. The van der Waals surface area contributed by atoms with Gasteiger partial charge in [-0.3, -0.25) is 15.3 Å². The maximum absolute atomic E-state index is 5.79. The van der Waals surface area contributed by atoms with Crippen LogP contribution in [0.4, 0.5) is 0 Å². The van der Waals surface area contributed by atoms with E-state index in [2.05, 4.69) is 253 Å². The van der Waals surface area contributed by atoms with Gasteiger partial charge >= 0.3 is 0 Å². The second-order valence-electron chi connectivity index (χ2n) is 43.1. The largest absolute Gasteiger partial charge is 0.479 e. The average molecular weight is 1980 g/mol. The van der Waals surface area contributed by atoms with Crippen molar-refractivity contribution in [2.24, 2.45) is 40.7 Å². The first-order valence-electron chi connectivity index (χ1n) is 52.1. The summed E-state index contributed by atoms with van der Waals surface area (Å²) in [5.41, 5.74) is 47.4. The Morgan fingerprint density at radius 2 is 0.750 bits per heavy atom. The summed E-state index contributed by atoms with van der Waals surface area (Å²) in [5.74, 6) is 6.27. The van der Waals surface area contributed by atoms with Crippen molar-refractivity contribution in [3.05, 3.63) is 320 Å². The summed E-state index contributed by atoms with van der Waals surface area (Å²) in [6.45, 7) is 31.2. The molecule has 7 spiro atoms. The van der Waals surface area contributed by atoms with Gasteiger partial charge in [-0.1, -0.05) is 170 Å². The summed E-state index contributed by atoms with van der Waals surface area (Å²) in [6, 6.07) is 57.1. The molecule has 27 nitrogen and oxygen atoms in total. The molecule has 0 fully saturated rings. The van der Waals surface area contributed by atoms with Gasteiger partial charge in [-0.05, 0) is 221 Å². The van der Waals surface area contributed by atoms with Gasteiger partial charge in [-0.2, -0.15) is 15.3 Å². The van der Waals surface area contributed by atoms with Crippen LogP contribution in [-0.2, 0) is 117 Å². The number of fused-ring (bicyclic) bond motifs is 7. The zero-order valence-corrected chi connectivity index (χ0v) is 86.9. The van der Waals surface area contributed by atoms with E-state index in [0.29, 0.717) is 45.0 Å². The van der Waals surface area contributed by atoms with Gasteiger partial charge in [0.15, 0.2) is 35.4 Å². The van der Waals surface area contributed by atoms with E-state index in [1.54, 1.807) is 12.7 Å². The van der Waals surface area contributed by atoms with Crippen molar-refractivity contribution in [3.8, 4) is 77.9 Å². The van der Waals surface area contributed by atoms with E-state index in [0.717, 1.165) is 221 Å². The summed E-state index contributed by atoms with van der Waals surface area (Å²) in [7, 11) is 0. The first-order chi connectivity index (χ1) is 71.6. The maximum Gasteiger partial charge on any atom is 0.282 e. The summed E-state index contributed by atoms with van der Waals surface area (Å²) in [5, 5.41) is 25.9. The molecular weight excluding hydrogens is 1850 g/mol. The summed E-state index contributed by atoms with van der Waals surface area (Å²) >= 11 is 0. The fourth-order valence-corrected chi connectivity index (χ4v) is 25.6. The van der Waals surface area contributed by atoms with Gasteiger partial charge in [0, 0.05) is 182 Å². The average Bonchev–Trinajstić information content (AvgIpc) is 1.57. The predicted molar refractivity (Wildman–Crippen MR) is 580 cm³/mol. The number of nitrogens with one attached hydrogen (secondary N) is 3. The molecule has 13 heterocycles. The lowest BCUT2D eigenvalue weighted by atomic mass is 9.71. The van der Waals surface area contributed by atoms with Crippen LogP contribution in [0, 0.1) is 41.5 Å². The highest BCUT2D eigenvalue weighted by Gasteiger charge is 2.49. The number of hydrogen-bond acceptors (Lipinski definition) is 24. The normalized spacial score (nSPS) is 24.0. The molecule has 0 bridgehead atoms. The minimum absolute atomic E-state index is 0.00530. The monoisotopic (exact) mass is 1980 g/mol. The molecule has 5 N–H and O–H groups in total. The van der Waals surface area contributed by atoms with E-state index in [-0.39, 0.29) is 38.8 Å². The third-order valence-corrected chi connectivity index (χ3v) is 32.2. The molecule has 28 rings (SSSR count). The first-order valence-corrected chi connectivity index (χ1v) is 52.1. The highest BCUT2D eigenvalue weighted by atomic mass is 16.5. The summed E-state index contributed by atoms with van der Waals surface area (Å²) in [6.07, 6.45) is 32.4. The second kappa shape index (κ2) is 39.9. The van der Waals surface area contributed by atoms with Gasteiger partial charge in [-0.15, -0.1) is 0 Å². The van der Waals surface area contributed by atoms with E-state index in [1.165, 1.54) is 134 Å². The number of rotatable bonds is 7. The van der Waals surface area contributed by atoms with Crippen molar-refractivity contribution in [2.75, 3.05) is 46.2 Å². The van der Waals surface area contributed by atoms with E-state index in [4.69, 9.17) is 73.4 Å². The van der Waals surface area contributed by atoms with Crippen LogP contribution < -0.4 is 5.73 Å². The van der Waals surface area contributed by atoms with Crippen LogP contribution in [0.2, 0.25) is 0 Å².